The van der Waals surface area contributed by atoms with Crippen LogP contribution in [0.2, 0.25) is 0 Å². The number of alkyl halides is 21. The summed E-state index contributed by atoms with van der Waals surface area (Å²) in [4.78, 5) is 0. The Labute approximate surface area is 510 Å². The maximum absolute atomic E-state index is 14.1. The first-order valence-electron chi connectivity index (χ1n) is 27.9. The van der Waals surface area contributed by atoms with E-state index >= 15 is 0 Å². The summed E-state index contributed by atoms with van der Waals surface area (Å²) >= 11 is 0. The molecule has 0 radical (unpaired) electrons. The van der Waals surface area contributed by atoms with Gasteiger partial charge in [0, 0.05) is 6.42 Å². The van der Waals surface area contributed by atoms with Crippen LogP contribution in [0.25, 0.3) is 0 Å². The third-order valence-electron chi connectivity index (χ3n) is 11.1. The van der Waals surface area contributed by atoms with Gasteiger partial charge in [-0.15, -0.1) is 0 Å². The molecule has 0 aliphatic rings. The van der Waals surface area contributed by atoms with Gasteiger partial charge in [-0.3, -0.25) is 0 Å². The quantitative estimate of drug-likeness (QED) is 0.0484. The van der Waals surface area contributed by atoms with E-state index in [4.69, 9.17) is 90.4 Å². The zero-order chi connectivity index (χ0) is 68.7. The van der Waals surface area contributed by atoms with E-state index in [1.54, 1.807) is 0 Å². The Morgan fingerprint density at radius 1 is 0.154 bits per heavy atom. The topological polar surface area (TPSA) is 196 Å². The third-order valence-corrected chi connectivity index (χ3v) is 11.1. The molecule has 0 saturated heterocycles. The Morgan fingerprint density at radius 3 is 0.418 bits per heavy atom. The molecule has 0 fully saturated rings. The predicted octanol–water partition coefficient (Wildman–Crippen LogP) is 6.96. The molecule has 20 nitrogen and oxygen atoms in total. The van der Waals surface area contributed by atoms with E-state index in [1.807, 2.05) is 0 Å². The first-order valence-corrected chi connectivity index (χ1v) is 27.9. The Morgan fingerprint density at radius 2 is 0.275 bits per heavy atom. The number of aliphatic hydroxyl groups excluding tert-OH is 1. The normalized spacial score (nSPS) is 13.8. The lowest BCUT2D eigenvalue weighted by atomic mass is 9.86. The summed E-state index contributed by atoms with van der Waals surface area (Å²) in [5.74, 6) is -77.3. The average Bonchev–Trinajstić information content (AvgIpc) is 0.702. The van der Waals surface area contributed by atoms with E-state index in [0.29, 0.717) is 178 Å². The molecule has 0 aromatic carbocycles. The fourth-order valence-corrected chi connectivity index (χ4v) is 6.07. The fraction of sp³-hybridized carbons (Fsp3) is 1.00. The van der Waals surface area contributed by atoms with Crippen LogP contribution in [0.1, 0.15) is 6.42 Å². The molecule has 0 heterocycles. The predicted molar refractivity (Wildman–Crippen MR) is 268 cm³/mol. The lowest BCUT2D eigenvalue weighted by Gasteiger charge is -2.44. The van der Waals surface area contributed by atoms with Crippen molar-refractivity contribution in [3.8, 4) is 0 Å². The van der Waals surface area contributed by atoms with Crippen LogP contribution in [0, 0.1) is 0 Å². The molecule has 0 aromatic heterocycles. The minimum Gasteiger partial charge on any atom is -0.394 e. The van der Waals surface area contributed by atoms with Crippen LogP contribution in [0.4, 0.5) is 92.2 Å². The van der Waals surface area contributed by atoms with Gasteiger partial charge in [0.15, 0.2) is 0 Å². The molecule has 548 valence electrons. The molecule has 0 rings (SSSR count). The van der Waals surface area contributed by atoms with Crippen molar-refractivity contribution in [3.63, 3.8) is 0 Å². The number of ether oxygens (including phenoxy) is 19. The highest BCUT2D eigenvalue weighted by Gasteiger charge is 2.97. The van der Waals surface area contributed by atoms with Gasteiger partial charge in [-0.2, -0.15) is 92.2 Å². The van der Waals surface area contributed by atoms with Crippen molar-refractivity contribution in [1.82, 2.24) is 0 Å². The van der Waals surface area contributed by atoms with E-state index in [9.17, 15) is 92.2 Å². The summed E-state index contributed by atoms with van der Waals surface area (Å²) in [6.45, 7) is 8.07. The molecule has 91 heavy (non-hydrogen) atoms. The van der Waals surface area contributed by atoms with E-state index < -0.39 is 85.7 Å². The summed E-state index contributed by atoms with van der Waals surface area (Å²) in [6, 6.07) is 0. The van der Waals surface area contributed by atoms with Gasteiger partial charge in [-0.25, -0.2) is 0 Å². The zero-order valence-electron chi connectivity index (χ0n) is 49.4. The molecule has 41 heteroatoms. The lowest BCUT2D eigenvalue weighted by molar-refractivity contribution is -0.474. The average molecular weight is 1400 g/mol. The summed E-state index contributed by atoms with van der Waals surface area (Å²) in [7, 11) is 0. The summed E-state index contributed by atoms with van der Waals surface area (Å²) in [5, 5.41) is 8.60. The Hall–Kier alpha value is -2.27. The molecule has 1 N–H and O–H groups in total. The number of hydrogen-bond donors (Lipinski definition) is 1. The van der Waals surface area contributed by atoms with Crippen LogP contribution in [0.5, 0.6) is 0 Å². The van der Waals surface area contributed by atoms with Gasteiger partial charge in [-0.05, 0) is 0 Å². The minimum atomic E-state index is -9.22. The molecular weight excluding hydrogens is 1320 g/mol. The highest BCUT2D eigenvalue weighted by molar-refractivity contribution is 5.18. The molecule has 0 atom stereocenters. The smallest absolute Gasteiger partial charge is 0.394 e. The highest BCUT2D eigenvalue weighted by Crippen LogP contribution is 2.66. The third kappa shape index (κ3) is 33.0. The van der Waals surface area contributed by atoms with Crippen LogP contribution < -0.4 is 0 Å². The van der Waals surface area contributed by atoms with Crippen LogP contribution in [-0.2, 0) is 90.0 Å². The second-order valence-corrected chi connectivity index (χ2v) is 17.9. The molecule has 0 aromatic rings. The monoisotopic (exact) mass is 1400 g/mol. The lowest BCUT2D eigenvalue weighted by Crippen LogP contribution is -2.76. The van der Waals surface area contributed by atoms with Crippen molar-refractivity contribution in [3.05, 3.63) is 0 Å². The standard InChI is InChI=1S/C50H81F21O20/c51-41(52,42(53,54)43(55,56)44(57,58)45(59,60)46(61,62)47(63,64)48(65,66)49(67,68)50(69,70)71)1-3-73-5-7-75-9-11-77-13-15-79-17-19-81-21-23-83-25-27-85-29-31-87-33-35-89-37-39-91-40-38-90-36-34-88-32-30-86-28-26-84-24-22-82-20-18-80-16-14-78-12-10-76-8-6-74-4-2-72/h72H,1-40H2. The molecule has 0 aliphatic heterocycles. The molecule has 0 bridgehead atoms. The SMILES string of the molecule is OCCOCCOCCOCCOCCOCCOCCOCCOCCOCCOCCOCCOCCOCCOCCOCCOCCOCCOCCOCCC(F)(F)C(F)(F)C(F)(F)C(F)(F)C(F)(F)C(F)(F)C(F)(F)C(F)(F)C(F)(F)C(F)(F)F. The number of hydrogen-bond acceptors (Lipinski definition) is 20. The largest absolute Gasteiger partial charge is 0.460 e. The van der Waals surface area contributed by atoms with Crippen molar-refractivity contribution >= 4 is 0 Å². The number of halogens is 21. The van der Waals surface area contributed by atoms with E-state index in [1.165, 1.54) is 0 Å². The molecule has 0 saturated carbocycles. The summed E-state index contributed by atoms with van der Waals surface area (Å²) in [5.41, 5.74) is 0. The number of rotatable bonds is 67. The van der Waals surface area contributed by atoms with Gasteiger partial charge in [0.05, 0.1) is 258 Å². The van der Waals surface area contributed by atoms with Crippen LogP contribution in [0.15, 0.2) is 0 Å². The first-order chi connectivity index (χ1) is 42.8. The first kappa shape index (κ1) is 88.7. The van der Waals surface area contributed by atoms with Gasteiger partial charge in [0.2, 0.25) is 0 Å². The van der Waals surface area contributed by atoms with E-state index in [-0.39, 0.29) is 59.5 Å². The zero-order valence-corrected chi connectivity index (χ0v) is 49.4. The summed E-state index contributed by atoms with van der Waals surface area (Å²) in [6.07, 6.45) is -10.9. The van der Waals surface area contributed by atoms with Crippen molar-refractivity contribution in [1.29, 1.82) is 0 Å². The van der Waals surface area contributed by atoms with Crippen molar-refractivity contribution < 1.29 is 187 Å². The maximum Gasteiger partial charge on any atom is 0.460 e. The van der Waals surface area contributed by atoms with Crippen LogP contribution in [-0.4, -0.2) is 322 Å². The molecule has 0 amide bonds. The van der Waals surface area contributed by atoms with Gasteiger partial charge < -0.3 is 95.1 Å². The van der Waals surface area contributed by atoms with Gasteiger partial charge in [0.1, 0.15) is 0 Å². The van der Waals surface area contributed by atoms with Gasteiger partial charge in [0.25, 0.3) is 0 Å². The minimum absolute atomic E-state index is 0.00662. The van der Waals surface area contributed by atoms with E-state index in [0.717, 1.165) is 0 Å². The van der Waals surface area contributed by atoms with Crippen molar-refractivity contribution in [2.75, 3.05) is 258 Å². The van der Waals surface area contributed by atoms with Crippen LogP contribution >= 0.6 is 0 Å². The molecule has 0 spiro atoms. The molecule has 0 unspecified atom stereocenters. The summed E-state index contributed by atoms with van der Waals surface area (Å²) < 4.78 is 385. The Balaban J connectivity index is 3.68. The van der Waals surface area contributed by atoms with Crippen molar-refractivity contribution in [2.45, 2.75) is 65.9 Å². The highest BCUT2D eigenvalue weighted by atomic mass is 19.4. The van der Waals surface area contributed by atoms with Crippen LogP contribution in [0.3, 0.4) is 0 Å². The van der Waals surface area contributed by atoms with Crippen molar-refractivity contribution in [2.24, 2.45) is 0 Å². The van der Waals surface area contributed by atoms with E-state index in [2.05, 4.69) is 4.74 Å². The Bertz CT molecular complexity index is 1730. The van der Waals surface area contributed by atoms with Gasteiger partial charge >= 0.3 is 59.5 Å². The Kier molecular flexibility index (Phi) is 47.2. The van der Waals surface area contributed by atoms with Gasteiger partial charge in [-0.1, -0.05) is 0 Å². The second kappa shape index (κ2) is 48.4. The number of aliphatic hydroxyl groups is 1. The fourth-order valence-electron chi connectivity index (χ4n) is 6.07. The second-order valence-electron chi connectivity index (χ2n) is 17.9. The molecular formula is C50H81F21O20. The maximum atomic E-state index is 14.1. The molecule has 0 aliphatic carbocycles.